The Morgan fingerprint density at radius 1 is 1.35 bits per heavy atom. The summed E-state index contributed by atoms with van der Waals surface area (Å²) in [7, 11) is 1.46. The molecule has 7 heteroatoms. The van der Waals surface area contributed by atoms with Crippen LogP contribution in [-0.4, -0.2) is 41.7 Å². The summed E-state index contributed by atoms with van der Waals surface area (Å²) in [5.41, 5.74) is 1.03. The van der Waals surface area contributed by atoms with Gasteiger partial charge < -0.3 is 14.4 Å². The van der Waals surface area contributed by atoms with Crippen LogP contribution in [-0.2, 0) is 4.74 Å². The molecule has 1 aromatic rings. The molecule has 0 unspecified atom stereocenters. The van der Waals surface area contributed by atoms with Gasteiger partial charge in [0.2, 0.25) is 0 Å². The molecule has 1 amide bonds. The van der Waals surface area contributed by atoms with E-state index in [2.05, 4.69) is 0 Å². The molecule has 23 heavy (non-hydrogen) atoms. The number of nitro groups is 1. The van der Waals surface area contributed by atoms with Gasteiger partial charge >= 0.3 is 6.09 Å². The maximum absolute atomic E-state index is 12.1. The van der Waals surface area contributed by atoms with Crippen molar-refractivity contribution in [3.8, 4) is 5.75 Å². The van der Waals surface area contributed by atoms with Crippen LogP contribution in [0.3, 0.4) is 0 Å². The van der Waals surface area contributed by atoms with E-state index >= 15 is 0 Å². The maximum Gasteiger partial charge on any atom is 0.410 e. The van der Waals surface area contributed by atoms with Gasteiger partial charge in [-0.15, -0.1) is 0 Å². The Hall–Kier alpha value is -2.57. The summed E-state index contributed by atoms with van der Waals surface area (Å²) in [6.45, 7) is 6.26. The van der Waals surface area contributed by atoms with E-state index in [9.17, 15) is 14.9 Å². The van der Waals surface area contributed by atoms with Crippen molar-refractivity contribution in [2.45, 2.75) is 26.4 Å². The summed E-state index contributed by atoms with van der Waals surface area (Å²) in [6.07, 6.45) is 1.51. The van der Waals surface area contributed by atoms with E-state index in [4.69, 9.17) is 9.47 Å². The van der Waals surface area contributed by atoms with Crippen LogP contribution in [0.4, 0.5) is 10.5 Å². The first-order chi connectivity index (χ1) is 10.7. The molecule has 0 N–H and O–H groups in total. The fourth-order valence-electron chi connectivity index (χ4n) is 2.27. The molecule has 0 saturated heterocycles. The predicted octanol–water partition coefficient (Wildman–Crippen LogP) is 3.24. The van der Waals surface area contributed by atoms with Crippen molar-refractivity contribution < 1.29 is 19.2 Å². The van der Waals surface area contributed by atoms with Crippen molar-refractivity contribution in [2.75, 3.05) is 20.2 Å². The van der Waals surface area contributed by atoms with Crippen LogP contribution in [0, 0.1) is 10.1 Å². The minimum Gasteiger partial charge on any atom is -0.496 e. The van der Waals surface area contributed by atoms with Crippen LogP contribution >= 0.6 is 0 Å². The molecule has 1 aliphatic heterocycles. The van der Waals surface area contributed by atoms with Crippen LogP contribution < -0.4 is 4.74 Å². The molecule has 0 aliphatic carbocycles. The number of benzene rings is 1. The van der Waals surface area contributed by atoms with E-state index < -0.39 is 10.5 Å². The largest absolute Gasteiger partial charge is 0.496 e. The number of nitrogens with zero attached hydrogens (tertiary/aromatic N) is 2. The highest BCUT2D eigenvalue weighted by molar-refractivity contribution is 5.80. The van der Waals surface area contributed by atoms with Gasteiger partial charge in [-0.2, -0.15) is 0 Å². The summed E-state index contributed by atoms with van der Waals surface area (Å²) >= 11 is 0. The van der Waals surface area contributed by atoms with E-state index in [1.165, 1.54) is 19.2 Å². The third-order valence-corrected chi connectivity index (χ3v) is 3.31. The molecule has 0 radical (unpaired) electrons. The molecule has 0 fully saturated rings. The van der Waals surface area contributed by atoms with Crippen molar-refractivity contribution in [3.63, 3.8) is 0 Å². The Morgan fingerprint density at radius 2 is 2.04 bits per heavy atom. The van der Waals surface area contributed by atoms with Gasteiger partial charge in [-0.1, -0.05) is 6.08 Å². The fraction of sp³-hybridized carbons (Fsp3) is 0.438. The monoisotopic (exact) mass is 320 g/mol. The average molecular weight is 320 g/mol. The van der Waals surface area contributed by atoms with Gasteiger partial charge in [-0.25, -0.2) is 4.79 Å². The lowest BCUT2D eigenvalue weighted by atomic mass is 10.1. The summed E-state index contributed by atoms with van der Waals surface area (Å²) < 4.78 is 10.6. The number of methoxy groups -OCH3 is 1. The van der Waals surface area contributed by atoms with E-state index in [1.54, 1.807) is 11.0 Å². The van der Waals surface area contributed by atoms with Gasteiger partial charge in [0.15, 0.2) is 0 Å². The number of carbonyl (C=O) groups is 1. The molecule has 0 bridgehead atoms. The number of hydrogen-bond acceptors (Lipinski definition) is 5. The second kappa shape index (κ2) is 6.28. The van der Waals surface area contributed by atoms with Gasteiger partial charge in [0, 0.05) is 24.7 Å². The molecule has 1 aromatic carbocycles. The van der Waals surface area contributed by atoms with Gasteiger partial charge in [-0.3, -0.25) is 10.1 Å². The van der Waals surface area contributed by atoms with Gasteiger partial charge in [0.05, 0.1) is 18.1 Å². The third kappa shape index (κ3) is 4.00. The summed E-state index contributed by atoms with van der Waals surface area (Å²) in [5.74, 6) is 0.413. The first-order valence-electron chi connectivity index (χ1n) is 7.21. The highest BCUT2D eigenvalue weighted by atomic mass is 16.6. The van der Waals surface area contributed by atoms with Crippen molar-refractivity contribution in [1.29, 1.82) is 0 Å². The summed E-state index contributed by atoms with van der Waals surface area (Å²) in [6, 6.07) is 4.45. The quantitative estimate of drug-likeness (QED) is 0.631. The number of ether oxygens (including phenoxy) is 2. The minimum absolute atomic E-state index is 0.0341. The average Bonchev–Trinajstić information content (AvgIpc) is 2.94. The second-order valence-electron chi connectivity index (χ2n) is 6.23. The Balaban J connectivity index is 2.15. The number of carbonyl (C=O) groups excluding carboxylic acids is 1. The van der Waals surface area contributed by atoms with Crippen molar-refractivity contribution in [1.82, 2.24) is 4.90 Å². The lowest BCUT2D eigenvalue weighted by Gasteiger charge is -2.24. The Bertz CT molecular complexity index is 661. The maximum atomic E-state index is 12.1. The molecule has 124 valence electrons. The van der Waals surface area contributed by atoms with Crippen molar-refractivity contribution in [2.24, 2.45) is 0 Å². The van der Waals surface area contributed by atoms with Crippen LogP contribution in [0.2, 0.25) is 0 Å². The number of rotatable bonds is 3. The number of hydrogen-bond donors (Lipinski definition) is 0. The van der Waals surface area contributed by atoms with Crippen LogP contribution in [0.1, 0.15) is 26.3 Å². The molecule has 1 aliphatic rings. The third-order valence-electron chi connectivity index (χ3n) is 3.31. The highest BCUT2D eigenvalue weighted by Gasteiger charge is 2.27. The molecule has 7 nitrogen and oxygen atoms in total. The molecule has 1 heterocycles. The molecule has 0 atom stereocenters. The molecule has 0 spiro atoms. The first-order valence-corrected chi connectivity index (χ1v) is 7.21. The summed E-state index contributed by atoms with van der Waals surface area (Å²) in [4.78, 5) is 24.0. The second-order valence-corrected chi connectivity index (χ2v) is 6.23. The molecule has 0 aromatic heterocycles. The van der Waals surface area contributed by atoms with E-state index in [0.29, 0.717) is 18.8 Å². The zero-order valence-corrected chi connectivity index (χ0v) is 13.7. The van der Waals surface area contributed by atoms with Crippen LogP contribution in [0.15, 0.2) is 24.3 Å². The van der Waals surface area contributed by atoms with Gasteiger partial charge in [0.25, 0.3) is 5.69 Å². The Morgan fingerprint density at radius 3 is 2.61 bits per heavy atom. The van der Waals surface area contributed by atoms with Crippen LogP contribution in [0.5, 0.6) is 5.75 Å². The van der Waals surface area contributed by atoms with E-state index in [-0.39, 0.29) is 11.8 Å². The normalized spacial score (nSPS) is 14.4. The van der Waals surface area contributed by atoms with Gasteiger partial charge in [0.1, 0.15) is 11.4 Å². The fourth-order valence-corrected chi connectivity index (χ4v) is 2.27. The highest BCUT2D eigenvalue weighted by Crippen LogP contribution is 2.32. The van der Waals surface area contributed by atoms with Crippen LogP contribution in [0.25, 0.3) is 5.57 Å². The topological polar surface area (TPSA) is 81.9 Å². The van der Waals surface area contributed by atoms with Crippen molar-refractivity contribution in [3.05, 3.63) is 40.0 Å². The molecular formula is C16H20N2O5. The summed E-state index contributed by atoms with van der Waals surface area (Å²) in [5, 5.41) is 10.8. The molecular weight excluding hydrogens is 300 g/mol. The lowest BCUT2D eigenvalue weighted by molar-refractivity contribution is -0.384. The van der Waals surface area contributed by atoms with E-state index in [0.717, 1.165) is 11.1 Å². The van der Waals surface area contributed by atoms with Crippen molar-refractivity contribution >= 4 is 17.4 Å². The zero-order chi connectivity index (χ0) is 17.2. The Kier molecular flexibility index (Phi) is 4.58. The Labute approximate surface area is 134 Å². The zero-order valence-electron chi connectivity index (χ0n) is 13.7. The SMILES string of the molecule is COc1cc([N+](=O)[O-])ccc1C1=CCN(C(=O)OC(C)(C)C)C1. The molecule has 0 saturated carbocycles. The first kappa shape index (κ1) is 16.8. The lowest BCUT2D eigenvalue weighted by Crippen LogP contribution is -2.35. The number of non-ortho nitro benzene ring substituents is 1. The predicted molar refractivity (Wildman–Crippen MR) is 85.4 cm³/mol. The standard InChI is InChI=1S/C16H20N2O5/c1-16(2,3)23-15(19)17-8-7-11(10-17)13-6-5-12(18(20)21)9-14(13)22-4/h5-7,9H,8,10H2,1-4H3. The minimum atomic E-state index is -0.551. The smallest absolute Gasteiger partial charge is 0.410 e. The number of amides is 1. The molecule has 2 rings (SSSR count). The number of nitro benzene ring substituents is 1. The van der Waals surface area contributed by atoms with E-state index in [1.807, 2.05) is 26.8 Å². The van der Waals surface area contributed by atoms with Gasteiger partial charge in [-0.05, 0) is 32.4 Å².